The molecule has 0 aliphatic heterocycles. The van der Waals surface area contributed by atoms with Gasteiger partial charge >= 0.3 is 0 Å². The van der Waals surface area contributed by atoms with Crippen molar-refractivity contribution in [3.05, 3.63) is 129 Å². The van der Waals surface area contributed by atoms with Gasteiger partial charge in [-0.3, -0.25) is 0 Å². The van der Waals surface area contributed by atoms with Gasteiger partial charge in [0.1, 0.15) is 0 Å². The molecule has 0 aromatic heterocycles. The summed E-state index contributed by atoms with van der Waals surface area (Å²) < 4.78 is 0. The van der Waals surface area contributed by atoms with Crippen LogP contribution >= 0.6 is 0 Å². The number of hydrogen-bond donors (Lipinski definition) is 0. The van der Waals surface area contributed by atoms with Crippen LogP contribution in [0.2, 0.25) is 0 Å². The van der Waals surface area contributed by atoms with Gasteiger partial charge in [0.05, 0.1) is 0 Å². The molecular formula is C44H40. The maximum atomic E-state index is 2.61. The molecule has 4 aliphatic carbocycles. The van der Waals surface area contributed by atoms with E-state index >= 15 is 0 Å². The quantitative estimate of drug-likeness (QED) is 0.160. The Hall–Kier alpha value is -4.42. The van der Waals surface area contributed by atoms with Crippen LogP contribution in [0.15, 0.2) is 84.9 Å². The highest BCUT2D eigenvalue weighted by Gasteiger charge is 2.35. The van der Waals surface area contributed by atoms with E-state index in [0.717, 1.165) is 25.7 Å². The normalized spacial score (nSPS) is 13.3. The van der Waals surface area contributed by atoms with Crippen LogP contribution in [0, 0.1) is 0 Å². The summed E-state index contributed by atoms with van der Waals surface area (Å²) in [6.07, 6.45) is 4.16. The van der Waals surface area contributed by atoms with Gasteiger partial charge in [-0.05, 0) is 142 Å². The summed E-state index contributed by atoms with van der Waals surface area (Å²) in [4.78, 5) is 0. The van der Waals surface area contributed by atoms with E-state index in [9.17, 15) is 0 Å². The molecule has 11 rings (SSSR count). The first-order valence-corrected chi connectivity index (χ1v) is 17.0. The molecule has 0 heterocycles. The van der Waals surface area contributed by atoms with Crippen LogP contribution in [-0.4, -0.2) is 0 Å². The summed E-state index contributed by atoms with van der Waals surface area (Å²) in [5.41, 5.74) is 21.1. The van der Waals surface area contributed by atoms with Crippen LogP contribution in [0.1, 0.15) is 86.1 Å². The largest absolute Gasteiger partial charge is 0.0683 e. The van der Waals surface area contributed by atoms with E-state index in [2.05, 4.69) is 84.9 Å². The van der Waals surface area contributed by atoms with Crippen LogP contribution in [0.5, 0.6) is 0 Å². The molecule has 0 nitrogen and oxygen atoms in total. The topological polar surface area (TPSA) is 0 Å². The van der Waals surface area contributed by atoms with E-state index in [1.807, 2.05) is 41.5 Å². The monoisotopic (exact) mass is 568 g/mol. The average Bonchev–Trinajstić information content (AvgIpc) is 3.67. The second kappa shape index (κ2) is 10.1. The third kappa shape index (κ3) is 3.29. The molecule has 0 heteroatoms. The Labute approximate surface area is 261 Å². The minimum atomic E-state index is 1.02. The van der Waals surface area contributed by atoms with Crippen molar-refractivity contribution in [2.45, 2.75) is 67.2 Å². The molecule has 0 radical (unpaired) electrons. The standard InChI is InChI=1S/C38H22.3C2H6/c1-4-11-28-19(6-1)12-23-15-25-16-24-13-21-8-5-9-22-14-26-18-30-36-27-10-3-2-7-20(27)17-29(36)37(28)35(23)38(30)34(25)33(26)32(24)31(21)22;3*1-2/h1-11,15-16,18H,12-14,17H2;3*1-2H3. The van der Waals surface area contributed by atoms with Gasteiger partial charge in [0.25, 0.3) is 0 Å². The van der Waals surface area contributed by atoms with Crippen LogP contribution in [-0.2, 0) is 25.7 Å². The molecule has 44 heavy (non-hydrogen) atoms. The SMILES string of the molecule is CC.CC.CC.c1ccc2c(c1)Cc1c-2c2cc3c4c5c(cc6cc7c(c1-c1ccccc1C7)c2c64)Cc1cccc(c1-5)C3. The molecule has 0 N–H and O–H groups in total. The Bertz CT molecular complexity index is 2280. The highest BCUT2D eigenvalue weighted by atomic mass is 14.4. The van der Waals surface area contributed by atoms with Gasteiger partial charge in [0, 0.05) is 0 Å². The second-order valence-corrected chi connectivity index (χ2v) is 12.0. The van der Waals surface area contributed by atoms with Crippen molar-refractivity contribution >= 4 is 32.3 Å². The van der Waals surface area contributed by atoms with Gasteiger partial charge < -0.3 is 0 Å². The van der Waals surface area contributed by atoms with Crippen LogP contribution in [0.4, 0.5) is 0 Å². The van der Waals surface area contributed by atoms with Crippen molar-refractivity contribution in [2.75, 3.05) is 0 Å². The molecule has 0 amide bonds. The summed E-state index contributed by atoms with van der Waals surface area (Å²) in [6, 6.07) is 33.1. The van der Waals surface area contributed by atoms with E-state index in [1.165, 1.54) is 88.1 Å². The predicted molar refractivity (Wildman–Crippen MR) is 192 cm³/mol. The Morgan fingerprint density at radius 3 is 1.61 bits per heavy atom. The first-order valence-electron chi connectivity index (χ1n) is 17.0. The summed E-state index contributed by atoms with van der Waals surface area (Å²) in [6.45, 7) is 12.0. The van der Waals surface area contributed by atoms with Crippen molar-refractivity contribution in [3.8, 4) is 33.4 Å². The molecule has 7 aromatic rings. The lowest BCUT2D eigenvalue weighted by Crippen LogP contribution is -2.08. The minimum Gasteiger partial charge on any atom is -0.0683 e. The maximum Gasteiger partial charge on any atom is -0.000683 e. The van der Waals surface area contributed by atoms with Crippen LogP contribution in [0.25, 0.3) is 65.7 Å². The lowest BCUT2D eigenvalue weighted by molar-refractivity contribution is 1.18. The molecule has 0 unspecified atom stereocenters. The molecule has 0 saturated heterocycles. The Balaban J connectivity index is 0.000000457. The molecule has 0 atom stereocenters. The van der Waals surface area contributed by atoms with Crippen LogP contribution in [0.3, 0.4) is 0 Å². The first kappa shape index (κ1) is 27.2. The molecule has 4 aliphatic rings. The molecule has 0 saturated carbocycles. The summed E-state index contributed by atoms with van der Waals surface area (Å²) >= 11 is 0. The molecule has 0 bridgehead atoms. The first-order chi connectivity index (χ1) is 21.8. The zero-order valence-corrected chi connectivity index (χ0v) is 26.9. The highest BCUT2D eigenvalue weighted by Crippen LogP contribution is 2.58. The van der Waals surface area contributed by atoms with E-state index in [0.29, 0.717) is 0 Å². The number of rotatable bonds is 0. The lowest BCUT2D eigenvalue weighted by atomic mass is 9.73. The zero-order valence-electron chi connectivity index (χ0n) is 26.9. The summed E-state index contributed by atoms with van der Waals surface area (Å²) in [7, 11) is 0. The van der Waals surface area contributed by atoms with Gasteiger partial charge in [0.15, 0.2) is 0 Å². The van der Waals surface area contributed by atoms with Crippen molar-refractivity contribution < 1.29 is 0 Å². The average molecular weight is 569 g/mol. The van der Waals surface area contributed by atoms with Crippen LogP contribution < -0.4 is 0 Å². The number of hydrogen-bond acceptors (Lipinski definition) is 0. The van der Waals surface area contributed by atoms with E-state index in [1.54, 1.807) is 22.1 Å². The van der Waals surface area contributed by atoms with Gasteiger partial charge in [0.2, 0.25) is 0 Å². The van der Waals surface area contributed by atoms with Crippen molar-refractivity contribution in [3.63, 3.8) is 0 Å². The van der Waals surface area contributed by atoms with Gasteiger partial charge in [-0.25, -0.2) is 0 Å². The fourth-order valence-electron chi connectivity index (χ4n) is 8.92. The van der Waals surface area contributed by atoms with Gasteiger partial charge in [-0.15, -0.1) is 0 Å². The van der Waals surface area contributed by atoms with E-state index in [4.69, 9.17) is 0 Å². The molecule has 216 valence electrons. The zero-order chi connectivity index (χ0) is 30.3. The predicted octanol–water partition coefficient (Wildman–Crippen LogP) is 12.3. The van der Waals surface area contributed by atoms with Crippen molar-refractivity contribution in [1.29, 1.82) is 0 Å². The minimum absolute atomic E-state index is 1.02. The van der Waals surface area contributed by atoms with E-state index in [-0.39, 0.29) is 0 Å². The third-order valence-corrected chi connectivity index (χ3v) is 10.2. The Kier molecular flexibility index (Phi) is 6.21. The summed E-state index contributed by atoms with van der Waals surface area (Å²) in [5.74, 6) is 0. The third-order valence-electron chi connectivity index (χ3n) is 10.2. The lowest BCUT2D eigenvalue weighted by Gasteiger charge is -2.29. The van der Waals surface area contributed by atoms with Gasteiger partial charge in [-0.2, -0.15) is 0 Å². The Morgan fingerprint density at radius 1 is 0.364 bits per heavy atom. The summed E-state index contributed by atoms with van der Waals surface area (Å²) in [5, 5.41) is 9.04. The smallest absolute Gasteiger partial charge is 0.000683 e. The molecule has 0 spiro atoms. The maximum absolute atomic E-state index is 2.61. The van der Waals surface area contributed by atoms with Crippen molar-refractivity contribution in [2.24, 2.45) is 0 Å². The number of benzene rings is 7. The molecular weight excluding hydrogens is 528 g/mol. The number of fused-ring (bicyclic) bond motifs is 7. The molecule has 0 fully saturated rings. The fraction of sp³-hybridized carbons (Fsp3) is 0.227. The van der Waals surface area contributed by atoms with Crippen molar-refractivity contribution in [1.82, 2.24) is 0 Å². The fourth-order valence-corrected chi connectivity index (χ4v) is 8.92. The van der Waals surface area contributed by atoms with Gasteiger partial charge in [-0.1, -0.05) is 120 Å². The molecule has 7 aromatic carbocycles. The van der Waals surface area contributed by atoms with E-state index < -0.39 is 0 Å². The highest BCUT2D eigenvalue weighted by molar-refractivity contribution is 6.33. The second-order valence-electron chi connectivity index (χ2n) is 12.0. The Morgan fingerprint density at radius 2 is 0.886 bits per heavy atom.